The summed E-state index contributed by atoms with van der Waals surface area (Å²) in [4.78, 5) is 13.7. The monoisotopic (exact) mass is 1140 g/mol. The average Bonchev–Trinajstić information content (AvgIpc) is 1.76. The Morgan fingerprint density at radius 3 is 1.71 bits per heavy atom. The topological polar surface area (TPSA) is 75.6 Å². The van der Waals surface area contributed by atoms with Gasteiger partial charge in [0.2, 0.25) is 0 Å². The zero-order valence-electron chi connectivity index (χ0n) is 58.7. The second-order valence-electron chi connectivity index (χ2n) is 18.2. The van der Waals surface area contributed by atoms with Crippen molar-refractivity contribution in [1.29, 1.82) is 5.26 Å². The second-order valence-corrected chi connectivity index (χ2v) is 18.2. The third-order valence-electron chi connectivity index (χ3n) is 13.2. The molecule has 0 spiro atoms. The Morgan fingerprint density at radius 2 is 1.19 bits per heavy atom. The maximum Gasteiger partial charge on any atom is 3.00 e. The van der Waals surface area contributed by atoms with Gasteiger partial charge in [0, 0.05) is 54.2 Å². The van der Waals surface area contributed by atoms with Crippen LogP contribution in [0.1, 0.15) is 170 Å². The summed E-state index contributed by atoms with van der Waals surface area (Å²) in [5.74, 6) is -4.59. The van der Waals surface area contributed by atoms with Crippen molar-refractivity contribution in [2.24, 2.45) is 0 Å². The number of nitrogens with zero attached hydrogens (tertiary/aromatic N) is 4. The van der Waals surface area contributed by atoms with Gasteiger partial charge < -0.3 is 19.4 Å². The van der Waals surface area contributed by atoms with Crippen molar-refractivity contribution in [1.82, 2.24) is 15.0 Å². The van der Waals surface area contributed by atoms with Crippen LogP contribution in [0, 0.1) is 36.4 Å². The summed E-state index contributed by atoms with van der Waals surface area (Å²) in [5, 5.41) is 10.5. The maximum absolute atomic E-state index is 10.0. The number of pyridine rings is 3. The summed E-state index contributed by atoms with van der Waals surface area (Å²) in [6.07, 6.45) is -12.7. The first kappa shape index (κ1) is 31.2. The molecule has 5 aromatic carbocycles. The van der Waals surface area contributed by atoms with Crippen molar-refractivity contribution in [3.05, 3.63) is 207 Å². The van der Waals surface area contributed by atoms with E-state index in [1.165, 1.54) is 44.4 Å². The van der Waals surface area contributed by atoms with E-state index in [2.05, 4.69) is 33.2 Å². The number of hydrogen-bond acceptors (Lipinski definition) is 5. The average molecular weight is 1140 g/mol. The van der Waals surface area contributed by atoms with Gasteiger partial charge in [-0.2, -0.15) is 5.26 Å². The third kappa shape index (κ3) is 10.4. The van der Waals surface area contributed by atoms with E-state index in [1.807, 2.05) is 0 Å². The molecule has 0 atom stereocenters. The van der Waals surface area contributed by atoms with E-state index in [0.717, 1.165) is 24.4 Å². The van der Waals surface area contributed by atoms with Gasteiger partial charge in [-0.05, 0) is 162 Å². The molecule has 4 aromatic heterocycles. The van der Waals surface area contributed by atoms with E-state index in [0.29, 0.717) is 79.3 Å². The van der Waals surface area contributed by atoms with Gasteiger partial charge in [-0.3, -0.25) is 0 Å². The summed E-state index contributed by atoms with van der Waals surface area (Å²) >= 11 is 0. The van der Waals surface area contributed by atoms with Crippen LogP contribution in [-0.4, -0.2) is 15.0 Å². The molecule has 9 aromatic rings. The van der Waals surface area contributed by atoms with Crippen molar-refractivity contribution in [2.75, 3.05) is 0 Å². The van der Waals surface area contributed by atoms with Crippen molar-refractivity contribution >= 4 is 21.9 Å². The molecule has 4 heterocycles. The largest absolute Gasteiger partial charge is 3.00 e. The number of benzene rings is 5. The fourth-order valence-corrected chi connectivity index (χ4v) is 9.62. The van der Waals surface area contributed by atoms with Gasteiger partial charge in [0.1, 0.15) is 5.58 Å². The normalized spacial score (nSPS) is 20.4. The smallest absolute Gasteiger partial charge is 0.500 e. The minimum Gasteiger partial charge on any atom is -0.500 e. The van der Waals surface area contributed by atoms with Gasteiger partial charge in [-0.15, -0.1) is 90.0 Å². The van der Waals surface area contributed by atoms with E-state index >= 15 is 0 Å². The van der Waals surface area contributed by atoms with Crippen LogP contribution in [-0.2, 0) is 58.3 Å². The zero-order chi connectivity index (χ0) is 65.2. The Kier molecular flexibility index (Phi) is 9.56. The minimum absolute atomic E-state index is 0. The SMILES string of the molecule is [2H]c1cc2c(oc3c(-c4cc(C([2H])(C)C)c(C([2H])([2H])C([2H])([2H])c5cc(C([2H])([2H])C([2H])([2H])c6cnc(-c7[c-]cccc7)cc6C6([2H])CCCC6)cc(C([2H])([2H])C([2H])([2H])c6cnc(-c7[c-]cccc7)cc6C6([2H])CCCC6)c5)cn4)[c-]ccc32)c(C([2H])([2H])[2H])c1C#N.[Ir+3]. The minimum atomic E-state index is -3.42. The third-order valence-corrected chi connectivity index (χ3v) is 13.2. The Labute approximate surface area is 466 Å². The van der Waals surface area contributed by atoms with Crippen LogP contribution >= 0.6 is 0 Å². The number of rotatable bonds is 15. The number of aromatic nitrogens is 3. The quantitative estimate of drug-likeness (QED) is 0.0956. The van der Waals surface area contributed by atoms with Crippen LogP contribution in [0.3, 0.4) is 0 Å². The number of nitriles is 1. The van der Waals surface area contributed by atoms with Crippen molar-refractivity contribution < 1.29 is 50.6 Å². The van der Waals surface area contributed by atoms with Crippen LogP contribution in [0.2, 0.25) is 0 Å². The molecular formula is C66H61IrN4O. The van der Waals surface area contributed by atoms with Gasteiger partial charge >= 0.3 is 20.1 Å². The zero-order valence-corrected chi connectivity index (χ0v) is 42.1. The van der Waals surface area contributed by atoms with E-state index in [-0.39, 0.29) is 81.8 Å². The number of fused-ring (bicyclic) bond motifs is 3. The van der Waals surface area contributed by atoms with Crippen LogP contribution in [0.5, 0.6) is 0 Å². The van der Waals surface area contributed by atoms with Crippen LogP contribution < -0.4 is 0 Å². The predicted molar refractivity (Wildman–Crippen MR) is 287 cm³/mol. The first-order valence-corrected chi connectivity index (χ1v) is 24.0. The first-order valence-electron chi connectivity index (χ1n) is 33.5. The second kappa shape index (κ2) is 22.1. The molecule has 11 rings (SSSR count). The fourth-order valence-electron chi connectivity index (χ4n) is 9.62. The Bertz CT molecular complexity index is 4170. The van der Waals surface area contributed by atoms with Crippen LogP contribution in [0.4, 0.5) is 0 Å². The molecule has 0 N–H and O–H groups in total. The van der Waals surface area contributed by atoms with Gasteiger partial charge in [0.05, 0.1) is 18.6 Å². The van der Waals surface area contributed by atoms with Crippen molar-refractivity contribution in [3.8, 4) is 39.8 Å². The molecule has 0 bridgehead atoms. The Hall–Kier alpha value is -6.51. The van der Waals surface area contributed by atoms with Crippen molar-refractivity contribution in [3.63, 3.8) is 0 Å². The van der Waals surface area contributed by atoms with Crippen molar-refractivity contribution in [2.45, 2.75) is 128 Å². The molecular weight excluding hydrogens is 1060 g/mol. The fraction of sp³-hybridized carbons (Fsp3) is 0.303. The van der Waals surface area contributed by atoms with E-state index in [4.69, 9.17) is 9.90 Å². The molecule has 6 heteroatoms. The summed E-state index contributed by atoms with van der Waals surface area (Å²) < 4.78 is 188. The number of aryl methyl sites for hydroxylation is 7. The van der Waals surface area contributed by atoms with Gasteiger partial charge in [0.25, 0.3) is 0 Å². The maximum atomic E-state index is 10.0. The molecule has 2 fully saturated rings. The molecule has 5 nitrogen and oxygen atoms in total. The number of furan rings is 1. The summed E-state index contributed by atoms with van der Waals surface area (Å²) in [6, 6.07) is 36.1. The van der Waals surface area contributed by atoms with E-state index in [1.54, 1.807) is 72.8 Å². The van der Waals surface area contributed by atoms with E-state index in [9.17, 15) is 25.8 Å². The van der Waals surface area contributed by atoms with E-state index < -0.39 is 96.2 Å². The molecule has 2 saturated carbocycles. The molecule has 0 radical (unpaired) electrons. The standard InChI is InChI=1S/C66H61N4O.Ir/c1-43(2)59-36-64(58-24-14-23-56-57-32-31-52(39-67)44(3)65(57)71-66(56)58)70-40-53(59)28-25-45-33-46(26-29-54-41-68-62(50-19-6-4-7-20-50)37-60(54)48-15-10-11-16-48)35-47(34-45)27-30-55-42-69-63(51-21-8-5-9-22-51)38-61(55)49-17-12-13-18-49;/h4-9,14,19,21,23,31-38,40-43,48-49H,10-13,15-18,25-30H2,1-3H3;/q-3;+3/i3D3,25D2,26D2,27D2,28D2,29D2,30D2,31D,43D,48D,49D;. The molecule has 0 amide bonds. The molecule has 0 saturated heterocycles. The predicted octanol–water partition coefficient (Wildman–Crippen LogP) is 16.1. The first-order chi connectivity index (χ1) is 42.0. The molecule has 360 valence electrons. The molecule has 0 unspecified atom stereocenters. The molecule has 2 aliphatic carbocycles. The van der Waals surface area contributed by atoms with Gasteiger partial charge in [0.15, 0.2) is 0 Å². The van der Waals surface area contributed by atoms with Gasteiger partial charge in [-0.1, -0.05) is 92.9 Å². The summed E-state index contributed by atoms with van der Waals surface area (Å²) in [7, 11) is 0. The molecule has 2 aliphatic rings. The molecule has 0 aliphatic heterocycles. The Balaban J connectivity index is 0.00000909. The van der Waals surface area contributed by atoms with Gasteiger partial charge in [-0.25, -0.2) is 0 Å². The Morgan fingerprint density at radius 1 is 0.667 bits per heavy atom. The number of hydrogen-bond donors (Lipinski definition) is 0. The molecule has 72 heavy (non-hydrogen) atoms. The summed E-state index contributed by atoms with van der Waals surface area (Å²) in [5.41, 5.74) is -2.34. The summed E-state index contributed by atoms with van der Waals surface area (Å²) in [6.45, 7) is -0.0536. The van der Waals surface area contributed by atoms with Crippen LogP contribution in [0.25, 0.3) is 55.7 Å². The van der Waals surface area contributed by atoms with Crippen LogP contribution in [0.15, 0.2) is 132 Å².